The van der Waals surface area contributed by atoms with Crippen LogP contribution in [0.5, 0.6) is 0 Å². The Morgan fingerprint density at radius 2 is 1.86 bits per heavy atom. The summed E-state index contributed by atoms with van der Waals surface area (Å²) < 4.78 is 5.78. The van der Waals surface area contributed by atoms with Crippen molar-refractivity contribution in [1.82, 2.24) is 15.2 Å². The summed E-state index contributed by atoms with van der Waals surface area (Å²) in [6.45, 7) is 3.43. The van der Waals surface area contributed by atoms with Crippen molar-refractivity contribution < 1.29 is 9.52 Å². The zero-order valence-corrected chi connectivity index (χ0v) is 16.8. The number of rotatable bonds is 8. The van der Waals surface area contributed by atoms with Crippen LogP contribution in [0.25, 0.3) is 11.1 Å². The quantitative estimate of drug-likeness (QED) is 0.567. The Morgan fingerprint density at radius 1 is 1.11 bits per heavy atom. The summed E-state index contributed by atoms with van der Waals surface area (Å²) in [7, 11) is 0. The largest absolute Gasteiger partial charge is 0.439 e. The normalized spacial score (nSPS) is 17.2. The number of aliphatic hydroxyl groups is 1. The molecule has 1 unspecified atom stereocenters. The fourth-order valence-electron chi connectivity index (χ4n) is 3.61. The maximum Gasteiger partial charge on any atom is 0.209 e. The fraction of sp³-hybridized carbons (Fsp3) is 0.409. The van der Waals surface area contributed by atoms with E-state index in [0.29, 0.717) is 12.6 Å². The van der Waals surface area contributed by atoms with E-state index in [1.54, 1.807) is 11.8 Å². The van der Waals surface area contributed by atoms with Crippen LogP contribution in [-0.4, -0.2) is 52.5 Å². The molecule has 3 aromatic rings. The lowest BCUT2D eigenvalue weighted by molar-refractivity contribution is 0.108. The van der Waals surface area contributed by atoms with Crippen LogP contribution in [0.4, 0.5) is 0 Å². The number of likely N-dealkylation sites (tertiary alicyclic amines) is 1. The molecule has 2 N–H and O–H groups in total. The minimum absolute atomic E-state index is 0.297. The van der Waals surface area contributed by atoms with Crippen molar-refractivity contribution in [1.29, 1.82) is 0 Å². The Kier molecular flexibility index (Phi) is 6.65. The van der Waals surface area contributed by atoms with Crippen LogP contribution in [0.3, 0.4) is 0 Å². The molecule has 1 aliphatic rings. The minimum atomic E-state index is -0.297. The minimum Gasteiger partial charge on any atom is -0.439 e. The molecule has 0 saturated carbocycles. The van der Waals surface area contributed by atoms with Crippen LogP contribution in [0, 0.1) is 0 Å². The van der Waals surface area contributed by atoms with Gasteiger partial charge in [0.15, 0.2) is 5.58 Å². The number of nitrogens with zero attached hydrogens (tertiary/aromatic N) is 2. The van der Waals surface area contributed by atoms with E-state index in [1.807, 2.05) is 42.5 Å². The van der Waals surface area contributed by atoms with Gasteiger partial charge in [-0.25, -0.2) is 4.98 Å². The molecular weight excluding hydrogens is 370 g/mol. The zero-order valence-electron chi connectivity index (χ0n) is 16.0. The molecule has 0 spiro atoms. The molecule has 1 fully saturated rings. The van der Waals surface area contributed by atoms with E-state index >= 15 is 0 Å². The first-order chi connectivity index (χ1) is 13.8. The second-order valence-electron chi connectivity index (χ2n) is 7.31. The summed E-state index contributed by atoms with van der Waals surface area (Å²) in [5.74, 6) is 1.48. The number of fused-ring (bicyclic) bond motifs is 1. The van der Waals surface area contributed by atoms with Gasteiger partial charge in [0, 0.05) is 23.2 Å². The highest BCUT2D eigenvalue weighted by Gasteiger charge is 2.21. The van der Waals surface area contributed by atoms with Gasteiger partial charge in [0.2, 0.25) is 5.89 Å². The molecule has 2 aromatic carbocycles. The van der Waals surface area contributed by atoms with Crippen LogP contribution in [-0.2, 0) is 6.54 Å². The van der Waals surface area contributed by atoms with E-state index in [1.165, 1.54) is 4.90 Å². The standard InChI is InChI=1S/C22H27N3O2S/c26-18(16-28-19-6-2-1-3-7-19)15-25-12-10-17(11-13-25)23-14-22-24-20-8-4-5-9-21(20)27-22/h1-9,17-18,23,26H,10-16H2. The van der Waals surface area contributed by atoms with Crippen molar-refractivity contribution in [2.75, 3.05) is 25.4 Å². The Morgan fingerprint density at radius 3 is 2.64 bits per heavy atom. The molecule has 1 saturated heterocycles. The molecule has 6 heteroatoms. The number of aliphatic hydroxyl groups excluding tert-OH is 1. The van der Waals surface area contributed by atoms with E-state index < -0.39 is 0 Å². The Bertz CT molecular complexity index is 829. The predicted octanol–water partition coefficient (Wildman–Crippen LogP) is 3.54. The van der Waals surface area contributed by atoms with Crippen molar-refractivity contribution in [3.63, 3.8) is 0 Å². The molecule has 0 bridgehead atoms. The summed E-state index contributed by atoms with van der Waals surface area (Å²) in [6, 6.07) is 18.6. The summed E-state index contributed by atoms with van der Waals surface area (Å²) in [6.07, 6.45) is 1.87. The van der Waals surface area contributed by atoms with Gasteiger partial charge in [-0.3, -0.25) is 0 Å². The third kappa shape index (κ3) is 5.35. The Hall–Kier alpha value is -1.86. The number of benzene rings is 2. The van der Waals surface area contributed by atoms with Gasteiger partial charge < -0.3 is 19.7 Å². The monoisotopic (exact) mass is 397 g/mol. The van der Waals surface area contributed by atoms with E-state index in [0.717, 1.165) is 55.2 Å². The van der Waals surface area contributed by atoms with Crippen LogP contribution in [0.15, 0.2) is 63.9 Å². The van der Waals surface area contributed by atoms with E-state index in [9.17, 15) is 5.11 Å². The molecule has 0 radical (unpaired) electrons. The molecule has 2 heterocycles. The molecular formula is C22H27N3O2S. The summed E-state index contributed by atoms with van der Waals surface area (Å²) in [4.78, 5) is 8.10. The molecule has 4 rings (SSSR count). The molecule has 1 aromatic heterocycles. The maximum atomic E-state index is 10.4. The van der Waals surface area contributed by atoms with Gasteiger partial charge >= 0.3 is 0 Å². The van der Waals surface area contributed by atoms with Gasteiger partial charge in [-0.2, -0.15) is 0 Å². The highest BCUT2D eigenvalue weighted by atomic mass is 32.2. The summed E-state index contributed by atoms with van der Waals surface area (Å²) >= 11 is 1.72. The lowest BCUT2D eigenvalue weighted by atomic mass is 10.0. The van der Waals surface area contributed by atoms with Gasteiger partial charge in [0.05, 0.1) is 12.6 Å². The number of aromatic nitrogens is 1. The maximum absolute atomic E-state index is 10.4. The molecule has 1 atom stereocenters. The number of β-amino-alcohol motifs (C(OH)–C–C–N with tert-alkyl or cyclic N) is 1. The number of nitrogens with one attached hydrogen (secondary N) is 1. The second-order valence-corrected chi connectivity index (χ2v) is 8.40. The lowest BCUT2D eigenvalue weighted by Crippen LogP contribution is -2.45. The third-order valence-corrected chi connectivity index (χ3v) is 6.28. The predicted molar refractivity (Wildman–Crippen MR) is 113 cm³/mol. The highest BCUT2D eigenvalue weighted by molar-refractivity contribution is 7.99. The number of para-hydroxylation sites is 2. The number of piperidine rings is 1. The summed E-state index contributed by atoms with van der Waals surface area (Å²) in [5.41, 5.74) is 1.76. The lowest BCUT2D eigenvalue weighted by Gasteiger charge is -2.33. The van der Waals surface area contributed by atoms with Gasteiger partial charge in [-0.15, -0.1) is 11.8 Å². The van der Waals surface area contributed by atoms with Gasteiger partial charge in [-0.05, 0) is 50.2 Å². The molecule has 0 aliphatic carbocycles. The van der Waals surface area contributed by atoms with Crippen LogP contribution >= 0.6 is 11.8 Å². The van der Waals surface area contributed by atoms with Gasteiger partial charge in [0.1, 0.15) is 5.52 Å². The first-order valence-corrected chi connectivity index (χ1v) is 10.9. The zero-order chi connectivity index (χ0) is 19.2. The molecule has 0 amide bonds. The van der Waals surface area contributed by atoms with E-state index in [2.05, 4.69) is 27.3 Å². The van der Waals surface area contributed by atoms with Crippen molar-refractivity contribution >= 4 is 22.9 Å². The Labute approximate surface area is 170 Å². The van der Waals surface area contributed by atoms with Crippen molar-refractivity contribution in [3.05, 3.63) is 60.5 Å². The first-order valence-electron chi connectivity index (χ1n) is 9.92. The molecule has 148 valence electrons. The SMILES string of the molecule is OC(CSc1ccccc1)CN1CCC(NCc2nc3ccccc3o2)CC1. The molecule has 5 nitrogen and oxygen atoms in total. The highest BCUT2D eigenvalue weighted by Crippen LogP contribution is 2.19. The number of thioether (sulfide) groups is 1. The second kappa shape index (κ2) is 9.56. The van der Waals surface area contributed by atoms with Gasteiger partial charge in [-0.1, -0.05) is 30.3 Å². The van der Waals surface area contributed by atoms with Crippen LogP contribution in [0.1, 0.15) is 18.7 Å². The third-order valence-electron chi connectivity index (χ3n) is 5.12. The van der Waals surface area contributed by atoms with E-state index in [-0.39, 0.29) is 6.10 Å². The van der Waals surface area contributed by atoms with E-state index in [4.69, 9.17) is 4.42 Å². The Balaban J connectivity index is 1.16. The van der Waals surface area contributed by atoms with Crippen molar-refractivity contribution in [2.24, 2.45) is 0 Å². The fourth-order valence-corrected chi connectivity index (χ4v) is 4.45. The van der Waals surface area contributed by atoms with Crippen molar-refractivity contribution in [2.45, 2.75) is 36.4 Å². The topological polar surface area (TPSA) is 61.5 Å². The van der Waals surface area contributed by atoms with Crippen molar-refractivity contribution in [3.8, 4) is 0 Å². The number of hydrogen-bond donors (Lipinski definition) is 2. The van der Waals surface area contributed by atoms with Crippen LogP contribution < -0.4 is 5.32 Å². The number of oxazole rings is 1. The first kappa shape index (κ1) is 19.5. The molecule has 28 heavy (non-hydrogen) atoms. The van der Waals surface area contributed by atoms with Gasteiger partial charge in [0.25, 0.3) is 0 Å². The molecule has 1 aliphatic heterocycles. The summed E-state index contributed by atoms with van der Waals surface area (Å²) in [5, 5.41) is 13.9. The van der Waals surface area contributed by atoms with Crippen LogP contribution in [0.2, 0.25) is 0 Å². The average Bonchev–Trinajstić information content (AvgIpc) is 3.16. The smallest absolute Gasteiger partial charge is 0.209 e. The average molecular weight is 398 g/mol. The number of hydrogen-bond acceptors (Lipinski definition) is 6.